The van der Waals surface area contributed by atoms with Gasteiger partial charge in [-0.25, -0.2) is 0 Å². The third kappa shape index (κ3) is 2.07. The Hall–Kier alpha value is -1.32. The summed E-state index contributed by atoms with van der Waals surface area (Å²) in [4.78, 5) is 23.6. The Balaban J connectivity index is 1.63. The van der Waals surface area contributed by atoms with Gasteiger partial charge in [-0.05, 0) is 36.0 Å². The number of carboxylic acids is 1. The number of allylic oxidation sites excluding steroid dienone is 2. The first-order valence-electron chi connectivity index (χ1n) is 7.09. The van der Waals surface area contributed by atoms with Crippen LogP contribution in [0, 0.1) is 35.0 Å². The summed E-state index contributed by atoms with van der Waals surface area (Å²) in [5.41, 5.74) is 0.341. The van der Waals surface area contributed by atoms with E-state index >= 15 is 0 Å². The van der Waals surface area contributed by atoms with E-state index in [4.69, 9.17) is 0 Å². The van der Waals surface area contributed by atoms with E-state index in [-0.39, 0.29) is 23.7 Å². The molecule has 2 fully saturated rings. The minimum Gasteiger partial charge on any atom is -0.481 e. The van der Waals surface area contributed by atoms with Crippen molar-refractivity contribution in [3.05, 3.63) is 12.2 Å². The fourth-order valence-corrected chi connectivity index (χ4v) is 3.78. The van der Waals surface area contributed by atoms with E-state index in [2.05, 4.69) is 19.2 Å². The summed E-state index contributed by atoms with van der Waals surface area (Å²) < 4.78 is 0. The molecule has 104 valence electrons. The number of carboxylic acid groups (broad SMARTS) is 1. The second-order valence-electron chi connectivity index (χ2n) is 6.97. The number of fused-ring (bicyclic) bond motifs is 2. The Labute approximate surface area is 113 Å². The lowest BCUT2D eigenvalue weighted by molar-refractivity contribution is -0.147. The third-order valence-electron chi connectivity index (χ3n) is 5.29. The topological polar surface area (TPSA) is 66.4 Å². The number of carbonyl (C=O) groups is 2. The standard InChI is InChI=1S/C15H21NO3/c1-15(2)6-10(15)7-16-13(17)11-8-3-4-9(5-8)12(11)14(18)19/h3-4,8-12H,5-7H2,1-2H3,(H,16,17)(H,18,19). The Kier molecular flexibility index (Phi) is 2.73. The maximum Gasteiger partial charge on any atom is 0.307 e. The monoisotopic (exact) mass is 263 g/mol. The van der Waals surface area contributed by atoms with Crippen molar-refractivity contribution in [1.29, 1.82) is 0 Å². The van der Waals surface area contributed by atoms with Crippen LogP contribution < -0.4 is 5.32 Å². The maximum atomic E-state index is 12.3. The van der Waals surface area contributed by atoms with Crippen LogP contribution in [0.1, 0.15) is 26.7 Å². The van der Waals surface area contributed by atoms with Crippen molar-refractivity contribution in [2.24, 2.45) is 35.0 Å². The lowest BCUT2D eigenvalue weighted by Crippen LogP contribution is -2.41. The van der Waals surface area contributed by atoms with Crippen LogP contribution in [0.4, 0.5) is 0 Å². The number of nitrogens with one attached hydrogen (secondary N) is 1. The van der Waals surface area contributed by atoms with Gasteiger partial charge in [0.15, 0.2) is 0 Å². The molecule has 0 heterocycles. The molecule has 3 rings (SSSR count). The molecular weight excluding hydrogens is 242 g/mol. The van der Waals surface area contributed by atoms with Gasteiger partial charge in [0.05, 0.1) is 11.8 Å². The molecule has 0 saturated heterocycles. The largest absolute Gasteiger partial charge is 0.481 e. The number of amides is 1. The molecular formula is C15H21NO3. The number of carbonyl (C=O) groups excluding carboxylic acids is 1. The minimum absolute atomic E-state index is 0.0515. The molecule has 0 aromatic carbocycles. The van der Waals surface area contributed by atoms with Gasteiger partial charge in [0.1, 0.15) is 0 Å². The van der Waals surface area contributed by atoms with Gasteiger partial charge in [0, 0.05) is 6.54 Å². The predicted octanol–water partition coefficient (Wildman–Crippen LogP) is 1.67. The molecule has 5 unspecified atom stereocenters. The van der Waals surface area contributed by atoms with Crippen LogP contribution in [0.15, 0.2) is 12.2 Å². The Bertz CT molecular complexity index is 454. The first kappa shape index (κ1) is 12.7. The van der Waals surface area contributed by atoms with Gasteiger partial charge < -0.3 is 10.4 Å². The fraction of sp³-hybridized carbons (Fsp3) is 0.733. The van der Waals surface area contributed by atoms with Gasteiger partial charge in [-0.2, -0.15) is 0 Å². The first-order chi connectivity index (χ1) is 8.90. The van der Waals surface area contributed by atoms with Crippen LogP contribution in [-0.2, 0) is 9.59 Å². The Morgan fingerprint density at radius 1 is 1.26 bits per heavy atom. The summed E-state index contributed by atoms with van der Waals surface area (Å²) in [6.45, 7) is 5.09. The van der Waals surface area contributed by atoms with Gasteiger partial charge in [0.25, 0.3) is 0 Å². The molecule has 0 aromatic heterocycles. The molecule has 1 amide bonds. The highest BCUT2D eigenvalue weighted by atomic mass is 16.4. The average molecular weight is 263 g/mol. The lowest BCUT2D eigenvalue weighted by Gasteiger charge is -2.24. The maximum absolute atomic E-state index is 12.3. The van der Waals surface area contributed by atoms with Crippen molar-refractivity contribution < 1.29 is 14.7 Å². The Morgan fingerprint density at radius 3 is 2.37 bits per heavy atom. The van der Waals surface area contributed by atoms with E-state index in [0.717, 1.165) is 12.8 Å². The molecule has 19 heavy (non-hydrogen) atoms. The van der Waals surface area contributed by atoms with E-state index in [9.17, 15) is 14.7 Å². The minimum atomic E-state index is -0.830. The number of aliphatic carboxylic acids is 1. The van der Waals surface area contributed by atoms with E-state index < -0.39 is 11.9 Å². The van der Waals surface area contributed by atoms with Crippen LogP contribution in [0.5, 0.6) is 0 Å². The number of hydrogen-bond donors (Lipinski definition) is 2. The van der Waals surface area contributed by atoms with Crippen molar-refractivity contribution in [1.82, 2.24) is 5.32 Å². The van der Waals surface area contributed by atoms with E-state index in [1.54, 1.807) is 0 Å². The van der Waals surface area contributed by atoms with Gasteiger partial charge in [-0.1, -0.05) is 26.0 Å². The van der Waals surface area contributed by atoms with Crippen molar-refractivity contribution in [2.75, 3.05) is 6.54 Å². The van der Waals surface area contributed by atoms with Crippen molar-refractivity contribution in [2.45, 2.75) is 26.7 Å². The van der Waals surface area contributed by atoms with Gasteiger partial charge >= 0.3 is 5.97 Å². The normalized spacial score (nSPS) is 41.3. The summed E-state index contributed by atoms with van der Waals surface area (Å²) in [7, 11) is 0. The van der Waals surface area contributed by atoms with Gasteiger partial charge in [0.2, 0.25) is 5.91 Å². The molecule has 3 aliphatic carbocycles. The van der Waals surface area contributed by atoms with Crippen LogP contribution in [-0.4, -0.2) is 23.5 Å². The van der Waals surface area contributed by atoms with Crippen LogP contribution in [0.3, 0.4) is 0 Å². The molecule has 2 bridgehead atoms. The third-order valence-corrected chi connectivity index (χ3v) is 5.29. The highest BCUT2D eigenvalue weighted by Gasteiger charge is 2.52. The lowest BCUT2D eigenvalue weighted by atomic mass is 9.82. The zero-order valence-electron chi connectivity index (χ0n) is 11.4. The molecule has 2 saturated carbocycles. The molecule has 5 atom stereocenters. The molecule has 2 N–H and O–H groups in total. The molecule has 4 heteroatoms. The number of hydrogen-bond acceptors (Lipinski definition) is 2. The predicted molar refractivity (Wildman–Crippen MR) is 70.3 cm³/mol. The van der Waals surface area contributed by atoms with Crippen molar-refractivity contribution in [3.63, 3.8) is 0 Å². The van der Waals surface area contributed by atoms with Crippen LogP contribution in [0.25, 0.3) is 0 Å². The first-order valence-corrected chi connectivity index (χ1v) is 7.09. The smallest absolute Gasteiger partial charge is 0.307 e. The summed E-state index contributed by atoms with van der Waals surface area (Å²) in [6.07, 6.45) is 5.96. The second kappa shape index (κ2) is 4.09. The van der Waals surface area contributed by atoms with Gasteiger partial charge in [-0.15, -0.1) is 0 Å². The zero-order chi connectivity index (χ0) is 13.8. The quantitative estimate of drug-likeness (QED) is 0.758. The molecule has 3 aliphatic rings. The molecule has 4 nitrogen and oxygen atoms in total. The van der Waals surface area contributed by atoms with E-state index in [1.807, 2.05) is 12.2 Å². The summed E-state index contributed by atoms with van der Waals surface area (Å²) >= 11 is 0. The zero-order valence-corrected chi connectivity index (χ0v) is 11.4. The molecule has 0 aromatic rings. The van der Waals surface area contributed by atoms with Crippen LogP contribution >= 0.6 is 0 Å². The number of rotatable bonds is 4. The second-order valence-corrected chi connectivity index (χ2v) is 6.97. The van der Waals surface area contributed by atoms with Crippen LogP contribution in [0.2, 0.25) is 0 Å². The summed E-state index contributed by atoms with van der Waals surface area (Å²) in [6, 6.07) is 0. The fourth-order valence-electron chi connectivity index (χ4n) is 3.78. The average Bonchev–Trinajstić information content (AvgIpc) is 2.72. The molecule has 0 spiro atoms. The Morgan fingerprint density at radius 2 is 1.84 bits per heavy atom. The van der Waals surface area contributed by atoms with Crippen molar-refractivity contribution >= 4 is 11.9 Å². The highest BCUT2D eigenvalue weighted by molar-refractivity contribution is 5.86. The molecule has 0 radical (unpaired) electrons. The van der Waals surface area contributed by atoms with Crippen molar-refractivity contribution in [3.8, 4) is 0 Å². The SMILES string of the molecule is CC1(C)CC1CNC(=O)C1C2C=CC(C2)C1C(=O)O. The van der Waals surface area contributed by atoms with E-state index in [0.29, 0.717) is 17.9 Å². The van der Waals surface area contributed by atoms with Gasteiger partial charge in [-0.3, -0.25) is 9.59 Å². The summed E-state index contributed by atoms with van der Waals surface area (Å²) in [5, 5.41) is 12.3. The molecule has 0 aliphatic heterocycles. The summed E-state index contributed by atoms with van der Waals surface area (Å²) in [5.74, 6) is -1.06. The highest BCUT2D eigenvalue weighted by Crippen LogP contribution is 2.51. The van der Waals surface area contributed by atoms with E-state index in [1.165, 1.54) is 0 Å².